The van der Waals surface area contributed by atoms with Gasteiger partial charge in [0, 0.05) is 30.3 Å². The van der Waals surface area contributed by atoms with Crippen LogP contribution in [0.1, 0.15) is 37.9 Å². The summed E-state index contributed by atoms with van der Waals surface area (Å²) in [5, 5.41) is 12.2. The molecule has 1 aliphatic heterocycles. The molecule has 0 saturated carbocycles. The Labute approximate surface area is 172 Å². The van der Waals surface area contributed by atoms with Gasteiger partial charge in [-0.1, -0.05) is 12.8 Å². The third-order valence-corrected chi connectivity index (χ3v) is 5.05. The number of ether oxygens (including phenoxy) is 2. The first kappa shape index (κ1) is 21.0. The van der Waals surface area contributed by atoms with Crippen molar-refractivity contribution in [3.63, 3.8) is 0 Å². The van der Waals surface area contributed by atoms with Crippen LogP contribution in [-0.2, 0) is 4.74 Å². The lowest BCUT2D eigenvalue weighted by Gasteiger charge is -2.32. The zero-order valence-corrected chi connectivity index (χ0v) is 17.4. The van der Waals surface area contributed by atoms with Gasteiger partial charge in [0.1, 0.15) is 11.4 Å². The summed E-state index contributed by atoms with van der Waals surface area (Å²) in [7, 11) is 0. The van der Waals surface area contributed by atoms with Crippen LogP contribution in [0.3, 0.4) is 0 Å². The molecule has 3 rings (SSSR count). The van der Waals surface area contributed by atoms with Gasteiger partial charge < -0.3 is 19.7 Å². The molecule has 2 aromatic rings. The van der Waals surface area contributed by atoms with Crippen molar-refractivity contribution in [2.24, 2.45) is 0 Å². The lowest BCUT2D eigenvalue weighted by atomic mass is 10.1. The maximum atomic E-state index is 5.77. The minimum Gasteiger partial charge on any atom is -0.467 e. The van der Waals surface area contributed by atoms with E-state index in [0.717, 1.165) is 42.9 Å². The Morgan fingerprint density at radius 2 is 2.17 bits per heavy atom. The molecule has 1 aromatic heterocycles. The van der Waals surface area contributed by atoms with Crippen molar-refractivity contribution < 1.29 is 9.47 Å². The smallest absolute Gasteiger partial charge is 0.243 e. The van der Waals surface area contributed by atoms with Gasteiger partial charge in [0.2, 0.25) is 5.95 Å². The lowest BCUT2D eigenvalue weighted by molar-refractivity contribution is 0.0227. The Bertz CT molecular complexity index is 865. The average Bonchev–Trinajstić information content (AvgIpc) is 2.74. The van der Waals surface area contributed by atoms with E-state index in [1.54, 1.807) is 0 Å². The SMILES string of the molecule is C#Cc1ccc(-c2nnc(N[C@@H]3CCCN(CC)C3)nc2C)c(OCOCC)c1. The minimum atomic E-state index is 0.146. The molecule has 1 saturated heterocycles. The van der Waals surface area contributed by atoms with E-state index in [-0.39, 0.29) is 6.79 Å². The number of nitrogens with one attached hydrogen (secondary N) is 1. The van der Waals surface area contributed by atoms with Crippen molar-refractivity contribution in [3.8, 4) is 29.4 Å². The van der Waals surface area contributed by atoms with E-state index in [1.165, 1.54) is 6.42 Å². The summed E-state index contributed by atoms with van der Waals surface area (Å²) in [5.41, 5.74) is 2.97. The van der Waals surface area contributed by atoms with Crippen LogP contribution < -0.4 is 10.1 Å². The molecule has 29 heavy (non-hydrogen) atoms. The molecule has 7 nitrogen and oxygen atoms in total. The van der Waals surface area contributed by atoms with Gasteiger partial charge in [-0.15, -0.1) is 16.6 Å². The number of piperidine rings is 1. The molecule has 0 amide bonds. The zero-order valence-electron chi connectivity index (χ0n) is 17.4. The number of terminal acetylenes is 1. The fourth-order valence-corrected chi connectivity index (χ4v) is 3.47. The molecule has 154 valence electrons. The van der Waals surface area contributed by atoms with Gasteiger partial charge in [-0.3, -0.25) is 0 Å². The molecular weight excluding hydrogens is 366 g/mol. The quantitative estimate of drug-likeness (QED) is 0.418. The van der Waals surface area contributed by atoms with Crippen LogP contribution >= 0.6 is 0 Å². The monoisotopic (exact) mass is 395 g/mol. The maximum Gasteiger partial charge on any atom is 0.243 e. The van der Waals surface area contributed by atoms with Crippen LogP contribution in [0.25, 0.3) is 11.3 Å². The van der Waals surface area contributed by atoms with Gasteiger partial charge in [0.05, 0.1) is 5.69 Å². The van der Waals surface area contributed by atoms with Gasteiger partial charge in [-0.25, -0.2) is 4.98 Å². The number of likely N-dealkylation sites (N-methyl/N-ethyl adjacent to an activating group) is 1. The molecule has 1 fully saturated rings. The van der Waals surface area contributed by atoms with Crippen molar-refractivity contribution in [2.45, 2.75) is 39.7 Å². The summed E-state index contributed by atoms with van der Waals surface area (Å²) in [6.45, 7) is 9.97. The van der Waals surface area contributed by atoms with Crippen molar-refractivity contribution >= 4 is 5.95 Å². The van der Waals surface area contributed by atoms with Crippen LogP contribution in [0.15, 0.2) is 18.2 Å². The number of aryl methyl sites for hydroxylation is 1. The highest BCUT2D eigenvalue weighted by molar-refractivity contribution is 5.70. The number of anilines is 1. The Morgan fingerprint density at radius 1 is 1.31 bits per heavy atom. The topological polar surface area (TPSA) is 72.4 Å². The van der Waals surface area contributed by atoms with Crippen LogP contribution in [-0.4, -0.2) is 59.2 Å². The number of likely N-dealkylation sites (tertiary alicyclic amines) is 1. The number of nitrogens with zero attached hydrogens (tertiary/aromatic N) is 4. The first-order valence-electron chi connectivity index (χ1n) is 10.2. The minimum absolute atomic E-state index is 0.146. The molecule has 1 N–H and O–H groups in total. The molecule has 0 radical (unpaired) electrons. The predicted molar refractivity (Wildman–Crippen MR) is 114 cm³/mol. The molecular formula is C22H29N5O2. The zero-order chi connectivity index (χ0) is 20.6. The molecule has 2 heterocycles. The standard InChI is InChI=1S/C22H29N5O2/c1-5-17-10-11-19(20(13-17)29-15-28-7-3)21-16(4)23-22(26-25-21)24-18-9-8-12-27(6-2)14-18/h1,10-11,13,18H,6-9,12,14-15H2,2-4H3,(H,23,24,26)/t18-/m1/s1. The highest BCUT2D eigenvalue weighted by Gasteiger charge is 2.20. The van der Waals surface area contributed by atoms with E-state index in [2.05, 4.69) is 38.2 Å². The van der Waals surface area contributed by atoms with Gasteiger partial charge in [-0.2, -0.15) is 0 Å². The highest BCUT2D eigenvalue weighted by atomic mass is 16.7. The predicted octanol–water partition coefficient (Wildman–Crippen LogP) is 3.10. The lowest BCUT2D eigenvalue weighted by Crippen LogP contribution is -2.42. The van der Waals surface area contributed by atoms with Crippen molar-refractivity contribution in [3.05, 3.63) is 29.5 Å². The summed E-state index contributed by atoms with van der Waals surface area (Å²) >= 11 is 0. The number of rotatable bonds is 8. The van der Waals surface area contributed by atoms with Crippen LogP contribution in [0.4, 0.5) is 5.95 Å². The second kappa shape index (κ2) is 10.2. The largest absolute Gasteiger partial charge is 0.467 e. The summed E-state index contributed by atoms with van der Waals surface area (Å²) in [5.74, 6) is 3.80. The van der Waals surface area contributed by atoms with Crippen LogP contribution in [0, 0.1) is 19.3 Å². The Balaban J connectivity index is 1.80. The summed E-state index contributed by atoms with van der Waals surface area (Å²) in [4.78, 5) is 7.08. The van der Waals surface area contributed by atoms with E-state index < -0.39 is 0 Å². The van der Waals surface area contributed by atoms with Gasteiger partial charge in [-0.05, 0) is 58.0 Å². The Hall–Kier alpha value is -2.69. The van der Waals surface area contributed by atoms with E-state index in [1.807, 2.05) is 32.0 Å². The van der Waals surface area contributed by atoms with E-state index in [9.17, 15) is 0 Å². The number of aromatic nitrogens is 3. The molecule has 7 heteroatoms. The first-order chi connectivity index (χ1) is 14.1. The van der Waals surface area contributed by atoms with E-state index >= 15 is 0 Å². The van der Waals surface area contributed by atoms with Crippen molar-refractivity contribution in [2.75, 3.05) is 38.4 Å². The third-order valence-electron chi connectivity index (χ3n) is 5.05. The van der Waals surface area contributed by atoms with E-state index in [0.29, 0.717) is 30.0 Å². The second-order valence-electron chi connectivity index (χ2n) is 7.06. The number of hydrogen-bond donors (Lipinski definition) is 1. The fourth-order valence-electron chi connectivity index (χ4n) is 3.47. The van der Waals surface area contributed by atoms with Crippen LogP contribution in [0.2, 0.25) is 0 Å². The molecule has 1 aromatic carbocycles. The third kappa shape index (κ3) is 5.43. The molecule has 0 spiro atoms. The normalized spacial score (nSPS) is 17.0. The summed E-state index contributed by atoms with van der Waals surface area (Å²) < 4.78 is 11.1. The molecule has 0 bridgehead atoms. The first-order valence-corrected chi connectivity index (χ1v) is 10.2. The second-order valence-corrected chi connectivity index (χ2v) is 7.06. The van der Waals surface area contributed by atoms with Gasteiger partial charge in [0.25, 0.3) is 0 Å². The van der Waals surface area contributed by atoms with Gasteiger partial charge >= 0.3 is 0 Å². The van der Waals surface area contributed by atoms with E-state index in [4.69, 9.17) is 15.9 Å². The van der Waals surface area contributed by atoms with Crippen molar-refractivity contribution in [1.29, 1.82) is 0 Å². The summed E-state index contributed by atoms with van der Waals surface area (Å²) in [6.07, 6.45) is 7.83. The molecule has 0 unspecified atom stereocenters. The Morgan fingerprint density at radius 3 is 2.90 bits per heavy atom. The maximum absolute atomic E-state index is 5.77. The van der Waals surface area contributed by atoms with Crippen molar-refractivity contribution in [1.82, 2.24) is 20.1 Å². The molecule has 0 aliphatic carbocycles. The summed E-state index contributed by atoms with van der Waals surface area (Å²) in [6, 6.07) is 5.90. The number of benzene rings is 1. The number of hydrogen-bond acceptors (Lipinski definition) is 7. The molecule has 1 atom stereocenters. The average molecular weight is 396 g/mol. The molecule has 1 aliphatic rings. The highest BCUT2D eigenvalue weighted by Crippen LogP contribution is 2.31. The van der Waals surface area contributed by atoms with Gasteiger partial charge in [0.15, 0.2) is 6.79 Å². The Kier molecular flexibility index (Phi) is 7.39. The fraction of sp³-hybridized carbons (Fsp3) is 0.500. The van der Waals surface area contributed by atoms with Crippen LogP contribution in [0.5, 0.6) is 5.75 Å².